The number of rotatable bonds is 8. The van der Waals surface area contributed by atoms with Crippen molar-refractivity contribution >= 4 is 29.0 Å². The molecule has 148 valence electrons. The molecule has 0 aliphatic heterocycles. The summed E-state index contributed by atoms with van der Waals surface area (Å²) < 4.78 is 7.25. The number of aryl methyl sites for hydroxylation is 2. The summed E-state index contributed by atoms with van der Waals surface area (Å²) in [5.74, 6) is 7.52. The maximum Gasteiger partial charge on any atom is 0.230 e. The van der Waals surface area contributed by atoms with Crippen molar-refractivity contribution < 1.29 is 9.53 Å². The molecule has 3 rings (SSSR count). The second-order valence-corrected chi connectivity index (χ2v) is 8.29. The van der Waals surface area contributed by atoms with Gasteiger partial charge in [-0.15, -0.1) is 21.5 Å². The average molecular weight is 418 g/mol. The molecule has 1 atom stereocenters. The molecule has 0 spiro atoms. The highest BCUT2D eigenvalue weighted by molar-refractivity contribution is 7.99. The zero-order chi connectivity index (χ0) is 20.1. The van der Waals surface area contributed by atoms with Gasteiger partial charge in [0, 0.05) is 4.88 Å². The fraction of sp³-hybridized carbons (Fsp3) is 0.316. The number of nitrogens with one attached hydrogen (secondary N) is 1. The zero-order valence-corrected chi connectivity index (χ0v) is 17.6. The molecule has 2 heterocycles. The molecule has 1 unspecified atom stereocenters. The minimum absolute atomic E-state index is 0.0230. The average Bonchev–Trinajstić information content (AvgIpc) is 3.30. The number of thiophene rings is 1. The Morgan fingerprint density at radius 2 is 2.04 bits per heavy atom. The van der Waals surface area contributed by atoms with Gasteiger partial charge >= 0.3 is 0 Å². The highest BCUT2D eigenvalue weighted by Gasteiger charge is 2.15. The number of nitrogens with zero attached hydrogens (tertiary/aromatic N) is 3. The van der Waals surface area contributed by atoms with Crippen molar-refractivity contribution in [1.29, 1.82) is 0 Å². The quantitative estimate of drug-likeness (QED) is 0.432. The number of ether oxygens (including phenoxy) is 1. The van der Waals surface area contributed by atoms with Gasteiger partial charge in [-0.25, -0.2) is 4.68 Å². The Morgan fingerprint density at radius 1 is 1.29 bits per heavy atom. The van der Waals surface area contributed by atoms with Crippen LogP contribution in [0.2, 0.25) is 0 Å². The highest BCUT2D eigenvalue weighted by atomic mass is 32.2. The first-order chi connectivity index (χ1) is 13.5. The number of benzene rings is 1. The fourth-order valence-electron chi connectivity index (χ4n) is 2.69. The second kappa shape index (κ2) is 9.11. The molecule has 0 saturated heterocycles. The summed E-state index contributed by atoms with van der Waals surface area (Å²) in [6, 6.07) is 9.92. The summed E-state index contributed by atoms with van der Waals surface area (Å²) >= 11 is 2.86. The van der Waals surface area contributed by atoms with E-state index >= 15 is 0 Å². The molecule has 9 heteroatoms. The maximum atomic E-state index is 12.2. The lowest BCUT2D eigenvalue weighted by molar-refractivity contribution is -0.119. The van der Waals surface area contributed by atoms with Crippen molar-refractivity contribution in [2.24, 2.45) is 0 Å². The van der Waals surface area contributed by atoms with Gasteiger partial charge < -0.3 is 15.9 Å². The van der Waals surface area contributed by atoms with Gasteiger partial charge in [-0.05, 0) is 43.3 Å². The van der Waals surface area contributed by atoms with Crippen LogP contribution in [0, 0.1) is 13.8 Å². The Bertz CT molecular complexity index is 920. The van der Waals surface area contributed by atoms with Crippen LogP contribution >= 0.6 is 23.1 Å². The number of hydrogen-bond acceptors (Lipinski definition) is 7. The van der Waals surface area contributed by atoms with Crippen LogP contribution in [-0.2, 0) is 11.4 Å². The summed E-state index contributed by atoms with van der Waals surface area (Å²) in [6.07, 6.45) is 0. The van der Waals surface area contributed by atoms with E-state index in [9.17, 15) is 4.79 Å². The number of carbonyl (C=O) groups excluding carboxylic acids is 1. The van der Waals surface area contributed by atoms with E-state index in [1.165, 1.54) is 16.4 Å². The number of thioether (sulfide) groups is 1. The molecule has 1 aromatic carbocycles. The molecule has 7 nitrogen and oxygen atoms in total. The van der Waals surface area contributed by atoms with E-state index in [2.05, 4.69) is 15.5 Å². The highest BCUT2D eigenvalue weighted by Crippen LogP contribution is 2.24. The third kappa shape index (κ3) is 4.85. The number of aromatic nitrogens is 3. The van der Waals surface area contributed by atoms with Crippen LogP contribution in [0.4, 0.5) is 0 Å². The number of amides is 1. The van der Waals surface area contributed by atoms with Gasteiger partial charge in [0.1, 0.15) is 12.4 Å². The molecule has 1 amide bonds. The summed E-state index contributed by atoms with van der Waals surface area (Å²) in [5, 5.41) is 13.6. The minimum Gasteiger partial charge on any atom is -0.485 e. The molecule has 0 bridgehead atoms. The van der Waals surface area contributed by atoms with Gasteiger partial charge in [-0.3, -0.25) is 4.79 Å². The SMILES string of the molecule is Cc1cccc(C)c1OCc1nnc(SCC(=O)NC(C)c2cccs2)n1N. The van der Waals surface area contributed by atoms with Crippen LogP contribution in [0.25, 0.3) is 0 Å². The molecule has 0 aliphatic rings. The molecule has 3 N–H and O–H groups in total. The first-order valence-corrected chi connectivity index (χ1v) is 10.7. The predicted molar refractivity (Wildman–Crippen MR) is 112 cm³/mol. The molecule has 0 saturated carbocycles. The molecule has 0 radical (unpaired) electrons. The van der Waals surface area contributed by atoms with Gasteiger partial charge in [0.25, 0.3) is 0 Å². The second-order valence-electron chi connectivity index (χ2n) is 6.37. The minimum atomic E-state index is -0.0813. The Morgan fingerprint density at radius 3 is 2.71 bits per heavy atom. The molecule has 0 aliphatic carbocycles. The number of carbonyl (C=O) groups is 1. The Labute approximate surface area is 172 Å². The van der Waals surface area contributed by atoms with E-state index in [-0.39, 0.29) is 24.3 Å². The van der Waals surface area contributed by atoms with Crippen molar-refractivity contribution in [3.8, 4) is 5.75 Å². The van der Waals surface area contributed by atoms with E-state index in [0.717, 1.165) is 21.8 Å². The van der Waals surface area contributed by atoms with Gasteiger partial charge in [-0.1, -0.05) is 36.0 Å². The van der Waals surface area contributed by atoms with Gasteiger partial charge in [0.15, 0.2) is 5.82 Å². The van der Waals surface area contributed by atoms with Crippen molar-refractivity contribution in [2.75, 3.05) is 11.6 Å². The van der Waals surface area contributed by atoms with Crippen molar-refractivity contribution in [2.45, 2.75) is 38.6 Å². The first-order valence-electron chi connectivity index (χ1n) is 8.79. The molecular weight excluding hydrogens is 394 g/mol. The van der Waals surface area contributed by atoms with E-state index in [1.807, 2.05) is 56.5 Å². The van der Waals surface area contributed by atoms with Gasteiger partial charge in [0.2, 0.25) is 11.1 Å². The molecule has 3 aromatic rings. The monoisotopic (exact) mass is 417 g/mol. The third-order valence-electron chi connectivity index (χ3n) is 4.17. The topological polar surface area (TPSA) is 95.1 Å². The number of para-hydroxylation sites is 1. The Kier molecular flexibility index (Phi) is 6.58. The standard InChI is InChI=1S/C19H23N5O2S2/c1-12-6-4-7-13(2)18(12)26-10-16-22-23-19(24(16)20)28-11-17(25)21-14(3)15-8-5-9-27-15/h4-9,14H,10-11,20H2,1-3H3,(H,21,25). The van der Waals surface area contributed by atoms with Crippen LogP contribution in [0.15, 0.2) is 40.9 Å². The van der Waals surface area contributed by atoms with Crippen LogP contribution < -0.4 is 15.9 Å². The summed E-state index contributed by atoms with van der Waals surface area (Å²) in [5.41, 5.74) is 2.10. The lowest BCUT2D eigenvalue weighted by Gasteiger charge is -2.12. The van der Waals surface area contributed by atoms with Crippen LogP contribution in [-0.4, -0.2) is 26.5 Å². The third-order valence-corrected chi connectivity index (χ3v) is 6.17. The summed E-state index contributed by atoms with van der Waals surface area (Å²) in [6.45, 7) is 6.15. The smallest absolute Gasteiger partial charge is 0.230 e. The Hall–Kier alpha value is -2.52. The van der Waals surface area contributed by atoms with E-state index < -0.39 is 0 Å². The van der Waals surface area contributed by atoms with Crippen LogP contribution in [0.1, 0.15) is 34.8 Å². The zero-order valence-electron chi connectivity index (χ0n) is 16.0. The number of nitrogen functional groups attached to an aromatic ring is 1. The van der Waals surface area contributed by atoms with E-state index in [4.69, 9.17) is 10.6 Å². The Balaban J connectivity index is 1.53. The van der Waals surface area contributed by atoms with E-state index in [1.54, 1.807) is 11.3 Å². The normalized spacial score (nSPS) is 12.0. The molecular formula is C19H23N5O2S2. The molecule has 2 aromatic heterocycles. The number of hydrogen-bond donors (Lipinski definition) is 2. The van der Waals surface area contributed by atoms with Gasteiger partial charge in [0.05, 0.1) is 11.8 Å². The molecule has 28 heavy (non-hydrogen) atoms. The van der Waals surface area contributed by atoms with Crippen molar-refractivity contribution in [3.63, 3.8) is 0 Å². The first kappa shape index (κ1) is 20.2. The summed E-state index contributed by atoms with van der Waals surface area (Å²) in [4.78, 5) is 13.3. The van der Waals surface area contributed by atoms with Crippen LogP contribution in [0.3, 0.4) is 0 Å². The molecule has 0 fully saturated rings. The van der Waals surface area contributed by atoms with Crippen LogP contribution in [0.5, 0.6) is 5.75 Å². The lowest BCUT2D eigenvalue weighted by atomic mass is 10.1. The fourth-order valence-corrected chi connectivity index (χ4v) is 4.11. The predicted octanol–water partition coefficient (Wildman–Crippen LogP) is 3.22. The van der Waals surface area contributed by atoms with Crippen molar-refractivity contribution in [1.82, 2.24) is 20.2 Å². The largest absolute Gasteiger partial charge is 0.485 e. The van der Waals surface area contributed by atoms with Gasteiger partial charge in [-0.2, -0.15) is 0 Å². The maximum absolute atomic E-state index is 12.2. The number of nitrogens with two attached hydrogens (primary N) is 1. The van der Waals surface area contributed by atoms with E-state index in [0.29, 0.717) is 11.0 Å². The summed E-state index contributed by atoms with van der Waals surface area (Å²) in [7, 11) is 0. The van der Waals surface area contributed by atoms with Crippen molar-refractivity contribution in [3.05, 3.63) is 57.5 Å². The lowest BCUT2D eigenvalue weighted by Crippen LogP contribution is -2.28.